The van der Waals surface area contributed by atoms with Gasteiger partial charge in [-0.15, -0.1) is 0 Å². The first-order valence-corrected chi connectivity index (χ1v) is 43.5. The highest BCUT2D eigenvalue weighted by atomic mass is 16.4. The maximum absolute atomic E-state index is 4.25. The molecule has 8 aromatic carbocycles. The van der Waals surface area contributed by atoms with Crippen molar-refractivity contribution in [1.29, 1.82) is 0 Å². The van der Waals surface area contributed by atoms with E-state index in [9.17, 15) is 0 Å². The van der Waals surface area contributed by atoms with Crippen LogP contribution in [0.4, 0.5) is 0 Å². The van der Waals surface area contributed by atoms with E-state index in [2.05, 4.69) is 442 Å². The average Bonchev–Trinajstić information content (AvgIpc) is 0.717. The molecule has 0 amide bonds. The van der Waals surface area contributed by atoms with Gasteiger partial charge in [-0.05, 0) is 257 Å². The van der Waals surface area contributed by atoms with Gasteiger partial charge >= 0.3 is 0 Å². The minimum atomic E-state index is 0.229. The molecule has 0 radical (unpaired) electrons. The van der Waals surface area contributed by atoms with Crippen molar-refractivity contribution < 1.29 is 4.74 Å². The van der Waals surface area contributed by atoms with Crippen molar-refractivity contribution in [2.75, 3.05) is 14.2 Å². The topological polar surface area (TPSA) is 9.23 Å². The third-order valence-corrected chi connectivity index (χ3v) is 23.4. The number of hydrogen-bond donors (Lipinski definition) is 0. The summed E-state index contributed by atoms with van der Waals surface area (Å²) in [5.41, 5.74) is 12.2. The number of allylic oxidation sites excluding steroid dienone is 16. The summed E-state index contributed by atoms with van der Waals surface area (Å²) < 4.78 is 4.25. The summed E-state index contributed by atoms with van der Waals surface area (Å²) in [6, 6.07) is 89.5. The number of ether oxygens (including phenoxy) is 1. The molecule has 1 aliphatic carbocycles. The zero-order valence-corrected chi connectivity index (χ0v) is 72.7. The van der Waals surface area contributed by atoms with Crippen molar-refractivity contribution in [1.82, 2.24) is 0 Å². The monoisotopic (exact) mass is 1500 g/mol. The molecule has 0 bridgehead atoms. The predicted octanol–water partition coefficient (Wildman–Crippen LogP) is 33.3. The van der Waals surface area contributed by atoms with E-state index in [0.29, 0.717) is 71.0 Å². The summed E-state index contributed by atoms with van der Waals surface area (Å²) >= 11 is 0. The van der Waals surface area contributed by atoms with E-state index in [-0.39, 0.29) is 10.8 Å². The van der Waals surface area contributed by atoms with Gasteiger partial charge in [-0.1, -0.05) is 416 Å². The fourth-order valence-electron chi connectivity index (χ4n) is 16.9. The van der Waals surface area contributed by atoms with Crippen LogP contribution in [0.2, 0.25) is 0 Å². The van der Waals surface area contributed by atoms with Crippen LogP contribution in [0.15, 0.2) is 340 Å². The molecule has 0 saturated heterocycles. The highest BCUT2D eigenvalue weighted by Crippen LogP contribution is 2.66. The Bertz CT molecular complexity index is 3420. The van der Waals surface area contributed by atoms with Crippen molar-refractivity contribution in [3.8, 4) is 0 Å². The Hall–Kier alpha value is -8.36. The lowest BCUT2D eigenvalue weighted by atomic mass is 9.49. The van der Waals surface area contributed by atoms with Crippen molar-refractivity contribution in [2.24, 2.45) is 34.5 Å². The second-order valence-electron chi connectivity index (χ2n) is 32.8. The van der Waals surface area contributed by atoms with Crippen LogP contribution in [0.3, 0.4) is 0 Å². The van der Waals surface area contributed by atoms with E-state index < -0.39 is 0 Å². The first-order valence-electron chi connectivity index (χ1n) is 43.5. The Kier molecular flexibility index (Phi) is 47.1. The summed E-state index contributed by atoms with van der Waals surface area (Å²) in [6.07, 6.45) is 57.1. The third-order valence-electron chi connectivity index (χ3n) is 23.4. The van der Waals surface area contributed by atoms with E-state index >= 15 is 0 Å². The molecular formula is C111H150O. The molecule has 1 aliphatic rings. The number of rotatable bonds is 40. The fraction of sp³-hybridized carbons (Fsp3) is 0.423. The van der Waals surface area contributed by atoms with Crippen LogP contribution in [0.5, 0.6) is 0 Å². The molecule has 1 heteroatoms. The van der Waals surface area contributed by atoms with Crippen LogP contribution in [0.1, 0.15) is 298 Å². The van der Waals surface area contributed by atoms with Crippen molar-refractivity contribution in [3.05, 3.63) is 384 Å². The van der Waals surface area contributed by atoms with E-state index in [1.807, 2.05) is 0 Å². The van der Waals surface area contributed by atoms with Gasteiger partial charge in [0.2, 0.25) is 0 Å². The van der Waals surface area contributed by atoms with Gasteiger partial charge in [0.1, 0.15) is 0 Å². The first-order chi connectivity index (χ1) is 54.6. The average molecular weight is 1500 g/mol. The van der Waals surface area contributed by atoms with Gasteiger partial charge < -0.3 is 4.74 Å². The van der Waals surface area contributed by atoms with Crippen LogP contribution < -0.4 is 0 Å². The van der Waals surface area contributed by atoms with Crippen LogP contribution in [0, 0.1) is 34.5 Å². The number of hydrogen-bond acceptors (Lipinski definition) is 1. The molecule has 0 aliphatic heterocycles. The molecule has 9 rings (SSSR count). The van der Waals surface area contributed by atoms with Gasteiger partial charge in [-0.25, -0.2) is 0 Å². The molecule has 4 atom stereocenters. The summed E-state index contributed by atoms with van der Waals surface area (Å²) in [4.78, 5) is 0. The van der Waals surface area contributed by atoms with Gasteiger partial charge in [0.15, 0.2) is 0 Å². The highest BCUT2D eigenvalue weighted by Gasteiger charge is 2.52. The summed E-state index contributed by atoms with van der Waals surface area (Å²) in [7, 11) is 3.25. The van der Waals surface area contributed by atoms with Gasteiger partial charge in [0.05, 0.1) is 0 Å². The lowest BCUT2D eigenvalue weighted by Crippen LogP contribution is -2.40. The summed E-state index contributed by atoms with van der Waals surface area (Å²) in [5, 5.41) is 0. The second kappa shape index (κ2) is 56.0. The number of benzene rings is 8. The maximum Gasteiger partial charge on any atom is 0.0351 e. The molecule has 8 aromatic rings. The van der Waals surface area contributed by atoms with E-state index in [0.717, 1.165) is 77.0 Å². The Morgan fingerprint density at radius 3 is 0.652 bits per heavy atom. The van der Waals surface area contributed by atoms with E-state index in [4.69, 9.17) is 0 Å². The molecule has 600 valence electrons. The Balaban J connectivity index is 0.000000293. The van der Waals surface area contributed by atoms with Crippen LogP contribution in [-0.2, 0) is 4.74 Å². The highest BCUT2D eigenvalue weighted by molar-refractivity contribution is 5.48. The third kappa shape index (κ3) is 32.6. The molecular weight excluding hydrogens is 1350 g/mol. The van der Waals surface area contributed by atoms with Crippen LogP contribution in [-0.4, -0.2) is 14.2 Å². The molecule has 0 heterocycles. The largest absolute Gasteiger partial charge is 0.388 e. The lowest BCUT2D eigenvalue weighted by molar-refractivity contribution is 0.154. The number of methoxy groups -OCH3 is 1. The number of unbranched alkanes of at least 4 members (excludes halogenated alkanes) is 4. The lowest BCUT2D eigenvalue weighted by Gasteiger charge is -2.53. The summed E-state index contributed by atoms with van der Waals surface area (Å²) in [5.74, 6) is 6.47. The Morgan fingerprint density at radius 2 is 0.464 bits per heavy atom. The Morgan fingerprint density at radius 1 is 0.277 bits per heavy atom. The molecule has 112 heavy (non-hydrogen) atoms. The predicted molar refractivity (Wildman–Crippen MR) is 496 cm³/mol. The van der Waals surface area contributed by atoms with Crippen molar-refractivity contribution in [3.63, 3.8) is 0 Å². The molecule has 4 unspecified atom stereocenters. The minimum absolute atomic E-state index is 0.229. The normalized spacial score (nSPS) is 16.4. The van der Waals surface area contributed by atoms with Crippen molar-refractivity contribution in [2.45, 2.75) is 253 Å². The molecule has 0 N–H and O–H groups in total. The smallest absolute Gasteiger partial charge is 0.0351 e. The molecule has 0 spiro atoms. The van der Waals surface area contributed by atoms with Crippen LogP contribution >= 0.6 is 0 Å². The molecule has 1 saturated carbocycles. The SMILES string of the molecule is C/C=C/CC/C=C\CC(C/C=C\CC/C=C/C)(CC(CC(c1ccccc1)C(C)C)c1ccccc1)C(C)C.C/C=C/CC/C=C\CC(C/C=C\CC/C=C/C)(CC(CC(c1ccccc1)C(C)C)c1ccccc1)C(C)C.CCC.COC.c1ccc(C2C(c3ccccc3)C(c3ccccc3)C2c2ccccc2)cc1. The van der Waals surface area contributed by atoms with Crippen molar-refractivity contribution >= 4 is 0 Å². The molecule has 1 nitrogen and oxygen atoms in total. The van der Waals surface area contributed by atoms with Crippen LogP contribution in [0.25, 0.3) is 0 Å². The standard InChI is InChI=1S/2C39H56.C28H24.C3H8.C2H6O/c2*1-7-9-11-13-15-23-29-39(34(5)6,30-24-16-14-12-10-8-2)32-37(35-25-19-17-20-26-35)31-38(33(3)4)36-27-21-18-22-28-36;1-5-13-21(14-6-1)25-26(22-15-7-2-8-16-22)28(24-19-11-4-12-20-24)27(25)23-17-9-3-10-18-23;2*1-3-2/h2*7-10,15-28,33-34,37-38H,11-14,29-32H2,1-6H3;1-20,25-28H;3H2,1-2H3;1-2H3/b2*9-7+,10-8+,23-15-,24-16-;;;. The Labute approximate surface area is 686 Å². The minimum Gasteiger partial charge on any atom is -0.388 e. The van der Waals surface area contributed by atoms with Gasteiger partial charge in [0.25, 0.3) is 0 Å². The van der Waals surface area contributed by atoms with Gasteiger partial charge in [0, 0.05) is 14.2 Å². The van der Waals surface area contributed by atoms with Gasteiger partial charge in [-0.2, -0.15) is 0 Å². The van der Waals surface area contributed by atoms with E-state index in [1.165, 1.54) is 76.6 Å². The maximum atomic E-state index is 4.25. The van der Waals surface area contributed by atoms with Gasteiger partial charge in [-0.3, -0.25) is 0 Å². The van der Waals surface area contributed by atoms with E-state index in [1.54, 1.807) is 14.2 Å². The quantitative estimate of drug-likeness (QED) is 0.0275. The zero-order chi connectivity index (χ0) is 80.9. The summed E-state index contributed by atoms with van der Waals surface area (Å²) in [6.45, 7) is 32.1. The molecule has 1 fully saturated rings. The zero-order valence-electron chi connectivity index (χ0n) is 72.7. The fourth-order valence-corrected chi connectivity index (χ4v) is 16.9. The second-order valence-corrected chi connectivity index (χ2v) is 32.8. The first kappa shape index (κ1) is 94.2. The molecule has 0 aromatic heterocycles.